The van der Waals surface area contributed by atoms with E-state index >= 15 is 0 Å². The molecule has 2 rings (SSSR count). The van der Waals surface area contributed by atoms with Crippen LogP contribution in [0.15, 0.2) is 28.0 Å². The number of nitrogens with zero attached hydrogens (tertiary/aromatic N) is 2. The van der Waals surface area contributed by atoms with E-state index in [4.69, 9.17) is 17.3 Å². The van der Waals surface area contributed by atoms with Gasteiger partial charge in [0.2, 0.25) is 0 Å². The minimum absolute atomic E-state index is 0.176. The molecule has 5 nitrogen and oxygen atoms in total. The highest BCUT2D eigenvalue weighted by Crippen LogP contribution is 2.16. The third kappa shape index (κ3) is 4.22. The Hall–Kier alpha value is -1.53. The number of aromatic amines is 1. The predicted octanol–water partition coefficient (Wildman–Crippen LogP) is 2.92. The lowest BCUT2D eigenvalue weighted by Gasteiger charge is -2.06. The van der Waals surface area contributed by atoms with Crippen LogP contribution in [0, 0.1) is 0 Å². The Balaban J connectivity index is 2.20. The van der Waals surface area contributed by atoms with E-state index in [9.17, 15) is 4.79 Å². The molecule has 21 heavy (non-hydrogen) atoms. The third-order valence-electron chi connectivity index (χ3n) is 3.01. The van der Waals surface area contributed by atoms with Gasteiger partial charge in [-0.2, -0.15) is 0 Å². The van der Waals surface area contributed by atoms with Gasteiger partial charge in [-0.15, -0.1) is 0 Å². The second kappa shape index (κ2) is 6.95. The van der Waals surface area contributed by atoms with Gasteiger partial charge in [-0.1, -0.05) is 30.3 Å². The van der Waals surface area contributed by atoms with Crippen molar-refractivity contribution in [2.45, 2.75) is 32.1 Å². The first-order valence-electron chi connectivity index (χ1n) is 6.64. The Labute approximate surface area is 132 Å². The molecule has 112 valence electrons. The number of nitrogens with two attached hydrogens (primary N) is 1. The van der Waals surface area contributed by atoms with E-state index in [1.807, 2.05) is 6.92 Å². The first kappa shape index (κ1) is 15.9. The molecular weight excluding hydrogens is 308 g/mol. The topological polar surface area (TPSA) is 84.1 Å². The Morgan fingerprint density at radius 2 is 2.33 bits per heavy atom. The van der Waals surface area contributed by atoms with Crippen LogP contribution in [0.25, 0.3) is 10.9 Å². The number of aliphatic imine (C=N–C) groups is 1. The monoisotopic (exact) mass is 324 g/mol. The average Bonchev–Trinajstić information content (AvgIpc) is 2.44. The Morgan fingerprint density at radius 3 is 3.05 bits per heavy atom. The van der Waals surface area contributed by atoms with E-state index in [-0.39, 0.29) is 11.6 Å². The molecule has 0 saturated carbocycles. The minimum atomic E-state index is -0.176. The summed E-state index contributed by atoms with van der Waals surface area (Å²) in [5, 5.41) is 1.57. The lowest BCUT2D eigenvalue weighted by molar-refractivity contribution is 0.718. The summed E-state index contributed by atoms with van der Waals surface area (Å²) in [7, 11) is 0. The van der Waals surface area contributed by atoms with Crippen LogP contribution in [-0.4, -0.2) is 21.2 Å². The Morgan fingerprint density at radius 1 is 1.57 bits per heavy atom. The van der Waals surface area contributed by atoms with Gasteiger partial charge in [0.1, 0.15) is 5.82 Å². The van der Waals surface area contributed by atoms with Gasteiger partial charge in [-0.3, -0.25) is 9.79 Å². The van der Waals surface area contributed by atoms with Gasteiger partial charge in [0.15, 0.2) is 5.17 Å². The summed E-state index contributed by atoms with van der Waals surface area (Å²) in [6, 6.07) is 5.21. The molecule has 0 aliphatic heterocycles. The molecule has 1 aromatic heterocycles. The summed E-state index contributed by atoms with van der Waals surface area (Å²) >= 11 is 7.28. The van der Waals surface area contributed by atoms with Crippen LogP contribution in [0.5, 0.6) is 0 Å². The quantitative estimate of drug-likeness (QED) is 0.669. The minimum Gasteiger partial charge on any atom is -0.379 e. The second-order valence-electron chi connectivity index (χ2n) is 4.69. The number of nitrogens with one attached hydrogen (secondary N) is 1. The first-order valence-corrected chi connectivity index (χ1v) is 8.00. The molecule has 0 spiro atoms. The number of thioether (sulfide) groups is 1. The summed E-state index contributed by atoms with van der Waals surface area (Å²) < 4.78 is 0. The summed E-state index contributed by atoms with van der Waals surface area (Å²) in [4.78, 5) is 23.4. The van der Waals surface area contributed by atoms with Crippen molar-refractivity contribution >= 4 is 39.4 Å². The van der Waals surface area contributed by atoms with E-state index < -0.39 is 0 Å². The van der Waals surface area contributed by atoms with Gasteiger partial charge < -0.3 is 10.7 Å². The van der Waals surface area contributed by atoms with Crippen LogP contribution in [0.2, 0.25) is 5.02 Å². The predicted molar refractivity (Wildman–Crippen MR) is 90.0 cm³/mol. The number of benzene rings is 1. The molecule has 0 bridgehead atoms. The largest absolute Gasteiger partial charge is 0.379 e. The molecule has 1 aromatic carbocycles. The molecule has 0 aliphatic rings. The van der Waals surface area contributed by atoms with Crippen LogP contribution < -0.4 is 11.3 Å². The van der Waals surface area contributed by atoms with Gasteiger partial charge in [-0.25, -0.2) is 4.98 Å². The molecule has 1 atom stereocenters. The molecule has 2 aromatic rings. The molecule has 0 saturated heterocycles. The van der Waals surface area contributed by atoms with E-state index in [2.05, 4.69) is 21.9 Å². The van der Waals surface area contributed by atoms with Gasteiger partial charge in [0.05, 0.1) is 16.7 Å². The second-order valence-corrected chi connectivity index (χ2v) is 6.12. The summed E-state index contributed by atoms with van der Waals surface area (Å²) in [5.74, 6) is 1.02. The van der Waals surface area contributed by atoms with Crippen LogP contribution in [0.3, 0.4) is 0 Å². The zero-order valence-electron chi connectivity index (χ0n) is 11.9. The highest BCUT2D eigenvalue weighted by Gasteiger charge is 2.06. The smallest absolute Gasteiger partial charge is 0.258 e. The number of amidine groups is 1. The highest BCUT2D eigenvalue weighted by molar-refractivity contribution is 8.13. The number of fused-ring (bicyclic) bond motifs is 1. The van der Waals surface area contributed by atoms with E-state index in [0.717, 1.165) is 6.42 Å². The van der Waals surface area contributed by atoms with E-state index in [1.54, 1.807) is 18.2 Å². The van der Waals surface area contributed by atoms with Gasteiger partial charge in [0.25, 0.3) is 5.56 Å². The fourth-order valence-corrected chi connectivity index (χ4v) is 2.56. The number of aromatic nitrogens is 2. The zero-order chi connectivity index (χ0) is 15.4. The molecule has 0 radical (unpaired) electrons. The molecule has 0 amide bonds. The summed E-state index contributed by atoms with van der Waals surface area (Å²) in [5.41, 5.74) is 6.25. The number of halogens is 1. The van der Waals surface area contributed by atoms with Gasteiger partial charge >= 0.3 is 0 Å². The molecule has 3 N–H and O–H groups in total. The van der Waals surface area contributed by atoms with Crippen LogP contribution in [-0.2, 0) is 5.75 Å². The molecular formula is C14H17ClN4OS. The van der Waals surface area contributed by atoms with Gasteiger partial charge in [0, 0.05) is 11.1 Å². The number of rotatable bonds is 4. The lowest BCUT2D eigenvalue weighted by atomic mass is 10.2. The number of hydrogen-bond acceptors (Lipinski definition) is 4. The van der Waals surface area contributed by atoms with Crippen molar-refractivity contribution in [1.82, 2.24) is 9.97 Å². The fraction of sp³-hybridized carbons (Fsp3) is 0.357. The average molecular weight is 325 g/mol. The van der Waals surface area contributed by atoms with Crippen molar-refractivity contribution in [3.05, 3.63) is 39.4 Å². The molecule has 0 aliphatic carbocycles. The SMILES string of the molecule is CC[C@@H](C)N=C(N)SCc1nc2cc(Cl)ccc2c(=O)[nH]1. The van der Waals surface area contributed by atoms with Crippen molar-refractivity contribution in [2.75, 3.05) is 0 Å². The van der Waals surface area contributed by atoms with E-state index in [0.29, 0.717) is 32.7 Å². The van der Waals surface area contributed by atoms with Gasteiger partial charge in [-0.05, 0) is 31.5 Å². The summed E-state index contributed by atoms with van der Waals surface area (Å²) in [6.07, 6.45) is 0.935. The van der Waals surface area contributed by atoms with Crippen LogP contribution in [0.4, 0.5) is 0 Å². The lowest BCUT2D eigenvalue weighted by Crippen LogP contribution is -2.14. The van der Waals surface area contributed by atoms with E-state index in [1.165, 1.54) is 11.8 Å². The molecule has 0 unspecified atom stereocenters. The van der Waals surface area contributed by atoms with Crippen LogP contribution >= 0.6 is 23.4 Å². The number of H-pyrrole nitrogens is 1. The summed E-state index contributed by atoms with van der Waals surface area (Å²) in [6.45, 7) is 4.06. The molecule has 0 fully saturated rings. The third-order valence-corrected chi connectivity index (χ3v) is 4.07. The maximum absolute atomic E-state index is 12.0. The zero-order valence-corrected chi connectivity index (χ0v) is 13.5. The van der Waals surface area contributed by atoms with Crippen molar-refractivity contribution in [3.63, 3.8) is 0 Å². The normalized spacial score (nSPS) is 13.6. The Bertz CT molecular complexity index is 728. The van der Waals surface area contributed by atoms with Crippen LogP contribution in [0.1, 0.15) is 26.1 Å². The maximum Gasteiger partial charge on any atom is 0.258 e. The maximum atomic E-state index is 12.0. The van der Waals surface area contributed by atoms with Crippen molar-refractivity contribution < 1.29 is 0 Å². The van der Waals surface area contributed by atoms with Crippen molar-refractivity contribution in [2.24, 2.45) is 10.7 Å². The standard InChI is InChI=1S/C14H17ClN4OS/c1-3-8(2)17-14(16)21-7-12-18-11-6-9(15)4-5-10(11)13(20)19-12/h4-6,8H,3,7H2,1-2H3,(H2,16,17)(H,18,19,20)/t8-/m1/s1. The first-order chi connectivity index (χ1) is 9.99. The van der Waals surface area contributed by atoms with Crippen molar-refractivity contribution in [1.29, 1.82) is 0 Å². The van der Waals surface area contributed by atoms with Crippen molar-refractivity contribution in [3.8, 4) is 0 Å². The number of hydrogen-bond donors (Lipinski definition) is 2. The highest BCUT2D eigenvalue weighted by atomic mass is 35.5. The fourth-order valence-electron chi connectivity index (χ4n) is 1.72. The molecule has 1 heterocycles. The molecule has 7 heteroatoms. The Kier molecular flexibility index (Phi) is 5.25.